The molecule has 0 fully saturated rings. The molecule has 0 unspecified atom stereocenters. The first-order valence-electron chi connectivity index (χ1n) is 9.43. The van der Waals surface area contributed by atoms with Crippen LogP contribution in [0.4, 0.5) is 5.69 Å². The minimum Gasteiger partial charge on any atom is -0.457 e. The van der Waals surface area contributed by atoms with Crippen molar-refractivity contribution in [3.05, 3.63) is 54.6 Å². The van der Waals surface area contributed by atoms with Gasteiger partial charge in [-0.25, -0.2) is 8.42 Å². The number of anilines is 1. The summed E-state index contributed by atoms with van der Waals surface area (Å²) >= 11 is 0. The van der Waals surface area contributed by atoms with Crippen molar-refractivity contribution >= 4 is 21.6 Å². The molecule has 2 aromatic carbocycles. The maximum atomic E-state index is 12.5. The van der Waals surface area contributed by atoms with E-state index in [0.29, 0.717) is 23.7 Å². The van der Waals surface area contributed by atoms with E-state index in [0.717, 1.165) is 23.5 Å². The number of nitrogens with one attached hydrogen (secondary N) is 1. The lowest BCUT2D eigenvalue weighted by Gasteiger charge is -2.28. The lowest BCUT2D eigenvalue weighted by Crippen LogP contribution is -2.48. The van der Waals surface area contributed by atoms with Gasteiger partial charge in [0.15, 0.2) is 0 Å². The molecule has 0 saturated carbocycles. The normalized spacial score (nSPS) is 12.4. The minimum absolute atomic E-state index is 0.334. The van der Waals surface area contributed by atoms with Gasteiger partial charge in [0.25, 0.3) is 0 Å². The molecule has 2 rings (SSSR count). The monoisotopic (exact) mass is 419 g/mol. The first-order chi connectivity index (χ1) is 13.7. The van der Waals surface area contributed by atoms with Crippen LogP contribution < -0.4 is 14.4 Å². The van der Waals surface area contributed by atoms with Crippen molar-refractivity contribution in [3.63, 3.8) is 0 Å². The van der Waals surface area contributed by atoms with Gasteiger partial charge in [-0.05, 0) is 70.4 Å². The largest absolute Gasteiger partial charge is 0.457 e. The molecule has 0 spiro atoms. The zero-order valence-electron chi connectivity index (χ0n) is 17.3. The summed E-state index contributed by atoms with van der Waals surface area (Å²) in [5.74, 6) is 0.929. The van der Waals surface area contributed by atoms with E-state index in [-0.39, 0.29) is 5.91 Å². The number of nitrogens with zero attached hydrogens (tertiary/aromatic N) is 2. The van der Waals surface area contributed by atoms with Gasteiger partial charge in [0.1, 0.15) is 17.5 Å². The molecule has 0 bridgehead atoms. The van der Waals surface area contributed by atoms with E-state index in [9.17, 15) is 13.2 Å². The second-order valence-electron chi connectivity index (χ2n) is 7.09. The van der Waals surface area contributed by atoms with Crippen LogP contribution in [-0.2, 0) is 14.8 Å². The van der Waals surface area contributed by atoms with Gasteiger partial charge in [-0.2, -0.15) is 0 Å². The lowest BCUT2D eigenvalue weighted by atomic mass is 10.2. The Balaban J connectivity index is 2.10. The van der Waals surface area contributed by atoms with Crippen LogP contribution in [0.3, 0.4) is 0 Å². The molecule has 2 aromatic rings. The first-order valence-corrected chi connectivity index (χ1v) is 11.3. The Labute approximate surface area is 173 Å². The second kappa shape index (κ2) is 10.3. The van der Waals surface area contributed by atoms with Crippen molar-refractivity contribution in [2.24, 2.45) is 0 Å². The number of rotatable bonds is 10. The van der Waals surface area contributed by atoms with Crippen molar-refractivity contribution in [1.29, 1.82) is 0 Å². The number of benzene rings is 2. The topological polar surface area (TPSA) is 79.0 Å². The van der Waals surface area contributed by atoms with Gasteiger partial charge < -0.3 is 15.0 Å². The fraction of sp³-hybridized carbons (Fsp3) is 0.381. The van der Waals surface area contributed by atoms with E-state index in [4.69, 9.17) is 4.74 Å². The molecule has 0 aliphatic rings. The molecule has 1 amide bonds. The van der Waals surface area contributed by atoms with Gasteiger partial charge in [-0.15, -0.1) is 0 Å². The molecule has 8 heteroatoms. The molecular weight excluding hydrogens is 390 g/mol. The van der Waals surface area contributed by atoms with Crippen LogP contribution >= 0.6 is 0 Å². The number of carbonyl (C=O) groups excluding carboxylic acids is 1. The highest BCUT2D eigenvalue weighted by molar-refractivity contribution is 7.92. The van der Waals surface area contributed by atoms with E-state index >= 15 is 0 Å². The summed E-state index contributed by atoms with van der Waals surface area (Å²) in [7, 11) is 0.264. The van der Waals surface area contributed by atoms with Crippen molar-refractivity contribution < 1.29 is 17.9 Å². The van der Waals surface area contributed by atoms with Crippen LogP contribution in [0.25, 0.3) is 0 Å². The van der Waals surface area contributed by atoms with E-state index in [1.807, 2.05) is 49.3 Å². The molecule has 7 nitrogen and oxygen atoms in total. The molecule has 0 radical (unpaired) electrons. The average molecular weight is 420 g/mol. The van der Waals surface area contributed by atoms with Gasteiger partial charge in [0.05, 0.1) is 11.9 Å². The number of ether oxygens (including phenoxy) is 1. The summed E-state index contributed by atoms with van der Waals surface area (Å²) in [6.45, 7) is 2.91. The van der Waals surface area contributed by atoms with Gasteiger partial charge in [-0.1, -0.05) is 18.2 Å². The highest BCUT2D eigenvalue weighted by Crippen LogP contribution is 2.26. The van der Waals surface area contributed by atoms with E-state index in [2.05, 4.69) is 5.32 Å². The summed E-state index contributed by atoms with van der Waals surface area (Å²) in [5.41, 5.74) is 0.406. The molecule has 0 saturated heterocycles. The van der Waals surface area contributed by atoms with E-state index < -0.39 is 16.1 Å². The van der Waals surface area contributed by atoms with Crippen LogP contribution in [0.15, 0.2) is 54.6 Å². The van der Waals surface area contributed by atoms with E-state index in [1.54, 1.807) is 31.2 Å². The molecule has 0 aromatic heterocycles. The summed E-state index contributed by atoms with van der Waals surface area (Å²) in [6.07, 6.45) is 1.88. The summed E-state index contributed by atoms with van der Waals surface area (Å²) in [4.78, 5) is 14.5. The molecule has 0 aliphatic carbocycles. The van der Waals surface area contributed by atoms with Crippen LogP contribution in [0, 0.1) is 0 Å². The quantitative estimate of drug-likeness (QED) is 0.599. The Morgan fingerprint density at radius 3 is 2.17 bits per heavy atom. The number of amides is 1. The van der Waals surface area contributed by atoms with Gasteiger partial charge in [0.2, 0.25) is 15.9 Å². The molecule has 1 N–H and O–H groups in total. The molecular formula is C21H29N3O4S. The fourth-order valence-corrected chi connectivity index (χ4v) is 4.02. The summed E-state index contributed by atoms with van der Waals surface area (Å²) < 4.78 is 31.6. The van der Waals surface area contributed by atoms with Gasteiger partial charge in [-0.3, -0.25) is 9.10 Å². The maximum absolute atomic E-state index is 12.5. The third-order valence-electron chi connectivity index (χ3n) is 4.24. The number of carbonyl (C=O) groups is 1. The van der Waals surface area contributed by atoms with Crippen LogP contribution in [-0.4, -0.2) is 58.7 Å². The Hall–Kier alpha value is -2.58. The highest BCUT2D eigenvalue weighted by Gasteiger charge is 2.28. The minimum atomic E-state index is -3.65. The number of para-hydroxylation sites is 1. The molecule has 0 aliphatic heterocycles. The smallest absolute Gasteiger partial charge is 0.243 e. The Morgan fingerprint density at radius 1 is 1.03 bits per heavy atom. The predicted molar refractivity (Wildman–Crippen MR) is 116 cm³/mol. The summed E-state index contributed by atoms with van der Waals surface area (Å²) in [5, 5.41) is 2.81. The van der Waals surface area contributed by atoms with Crippen LogP contribution in [0.5, 0.6) is 11.5 Å². The van der Waals surface area contributed by atoms with Crippen molar-refractivity contribution in [3.8, 4) is 11.5 Å². The van der Waals surface area contributed by atoms with Crippen LogP contribution in [0.1, 0.15) is 13.3 Å². The van der Waals surface area contributed by atoms with Crippen molar-refractivity contribution in [1.82, 2.24) is 10.2 Å². The highest BCUT2D eigenvalue weighted by atomic mass is 32.2. The van der Waals surface area contributed by atoms with Crippen molar-refractivity contribution in [2.45, 2.75) is 19.4 Å². The average Bonchev–Trinajstić information content (AvgIpc) is 2.66. The number of hydrogen-bond acceptors (Lipinski definition) is 5. The van der Waals surface area contributed by atoms with Crippen molar-refractivity contribution in [2.75, 3.05) is 37.7 Å². The van der Waals surface area contributed by atoms with Gasteiger partial charge in [0, 0.05) is 6.54 Å². The maximum Gasteiger partial charge on any atom is 0.243 e. The predicted octanol–water partition coefficient (Wildman–Crippen LogP) is 2.70. The lowest BCUT2D eigenvalue weighted by molar-refractivity contribution is -0.121. The summed E-state index contributed by atoms with van der Waals surface area (Å²) in [6, 6.07) is 15.1. The number of sulfonamides is 1. The molecule has 1 atom stereocenters. The third-order valence-corrected chi connectivity index (χ3v) is 5.48. The second-order valence-corrected chi connectivity index (χ2v) is 8.95. The number of hydrogen-bond donors (Lipinski definition) is 1. The zero-order chi connectivity index (χ0) is 21.4. The molecule has 158 valence electrons. The standard InChI is InChI=1S/C21H29N3O4S/c1-17(21(25)22-15-8-16-23(2)3)24(29(4,26)27)18-11-13-20(14-12-18)28-19-9-6-5-7-10-19/h5-7,9-14,17H,8,15-16H2,1-4H3,(H,22,25)/t17-/m0/s1. The Morgan fingerprint density at radius 2 is 1.62 bits per heavy atom. The zero-order valence-corrected chi connectivity index (χ0v) is 18.1. The van der Waals surface area contributed by atoms with Crippen LogP contribution in [0.2, 0.25) is 0 Å². The molecule has 29 heavy (non-hydrogen) atoms. The fourth-order valence-electron chi connectivity index (χ4n) is 2.85. The van der Waals surface area contributed by atoms with Gasteiger partial charge >= 0.3 is 0 Å². The third kappa shape index (κ3) is 7.07. The van der Waals surface area contributed by atoms with E-state index in [1.165, 1.54) is 0 Å². The first kappa shape index (κ1) is 22.7. The SMILES string of the molecule is C[C@@H](C(=O)NCCCN(C)C)N(c1ccc(Oc2ccccc2)cc1)S(C)(=O)=O. The Bertz CT molecular complexity index is 884. The Kier molecular flexibility index (Phi) is 8.04. The molecule has 0 heterocycles.